The van der Waals surface area contributed by atoms with Gasteiger partial charge in [-0.3, -0.25) is 4.98 Å². The maximum Gasteiger partial charge on any atom is 0.0790 e. The molecule has 0 spiro atoms. The van der Waals surface area contributed by atoms with Gasteiger partial charge in [-0.25, -0.2) is 4.68 Å². The molecule has 0 fully saturated rings. The summed E-state index contributed by atoms with van der Waals surface area (Å²) in [5.74, 6) is 0. The van der Waals surface area contributed by atoms with Crippen LogP contribution in [0, 0.1) is 6.92 Å². The van der Waals surface area contributed by atoms with Crippen LogP contribution in [0.3, 0.4) is 0 Å². The zero-order valence-electron chi connectivity index (χ0n) is 9.76. The van der Waals surface area contributed by atoms with Gasteiger partial charge in [-0.15, -0.1) is 0 Å². The molecule has 1 aromatic carbocycles. The van der Waals surface area contributed by atoms with Crippen molar-refractivity contribution in [2.24, 2.45) is 0 Å². The molecule has 2 aromatic heterocycles. The highest BCUT2D eigenvalue weighted by molar-refractivity contribution is 6.30. The molecule has 0 aliphatic heterocycles. The summed E-state index contributed by atoms with van der Waals surface area (Å²) in [7, 11) is 0. The van der Waals surface area contributed by atoms with Crippen LogP contribution >= 0.6 is 11.6 Å². The van der Waals surface area contributed by atoms with Gasteiger partial charge in [-0.2, -0.15) is 5.10 Å². The monoisotopic (exact) mass is 258 g/mol. The molecule has 3 aromatic rings. The number of benzene rings is 1. The predicted molar refractivity (Wildman–Crippen MR) is 73.0 cm³/mol. The quantitative estimate of drug-likeness (QED) is 0.683. The van der Waals surface area contributed by atoms with Crippen molar-refractivity contribution < 1.29 is 0 Å². The van der Waals surface area contributed by atoms with Crippen molar-refractivity contribution in [3.8, 4) is 5.69 Å². The van der Waals surface area contributed by atoms with Crippen LogP contribution in [-0.4, -0.2) is 14.8 Å². The van der Waals surface area contributed by atoms with Crippen LogP contribution in [0.15, 0.2) is 36.7 Å². The summed E-state index contributed by atoms with van der Waals surface area (Å²) >= 11 is 5.91. The summed E-state index contributed by atoms with van der Waals surface area (Å²) in [5, 5.41) is 5.78. The molecule has 0 amide bonds. The molecule has 0 bridgehead atoms. The first-order valence-corrected chi connectivity index (χ1v) is 5.89. The molecule has 0 saturated heterocycles. The van der Waals surface area contributed by atoms with E-state index in [1.165, 1.54) is 0 Å². The van der Waals surface area contributed by atoms with Crippen molar-refractivity contribution in [1.82, 2.24) is 14.8 Å². The number of hydrogen-bond donors (Lipinski definition) is 1. The van der Waals surface area contributed by atoms with Crippen molar-refractivity contribution in [2.75, 3.05) is 5.73 Å². The molecule has 2 heterocycles. The van der Waals surface area contributed by atoms with Gasteiger partial charge in [0, 0.05) is 23.0 Å². The van der Waals surface area contributed by atoms with Crippen LogP contribution < -0.4 is 5.73 Å². The Hall–Kier alpha value is -2.07. The topological polar surface area (TPSA) is 56.7 Å². The first-order chi connectivity index (χ1) is 8.63. The maximum atomic E-state index is 5.91. The molecule has 2 N–H and O–H groups in total. The first-order valence-electron chi connectivity index (χ1n) is 5.51. The van der Waals surface area contributed by atoms with E-state index in [0.717, 1.165) is 22.3 Å². The number of halogens is 1. The number of fused-ring (bicyclic) bond motifs is 1. The minimum Gasteiger partial charge on any atom is -0.399 e. The van der Waals surface area contributed by atoms with Gasteiger partial charge in [0.15, 0.2) is 0 Å². The van der Waals surface area contributed by atoms with E-state index in [0.29, 0.717) is 10.7 Å². The molecule has 18 heavy (non-hydrogen) atoms. The standard InChI is InChI=1S/C13H11ClN4/c1-8-4-13(18-7-9(14)6-16-18)11-5-10(15)2-3-12(11)17-8/h2-7H,15H2,1H3. The Bertz CT molecular complexity index is 733. The first kappa shape index (κ1) is 11.0. The number of nitrogens with zero attached hydrogens (tertiary/aromatic N) is 3. The zero-order chi connectivity index (χ0) is 12.7. The van der Waals surface area contributed by atoms with E-state index in [1.54, 1.807) is 17.1 Å². The number of anilines is 1. The van der Waals surface area contributed by atoms with Crippen LogP contribution in [0.2, 0.25) is 5.02 Å². The van der Waals surface area contributed by atoms with Gasteiger partial charge in [-0.05, 0) is 31.2 Å². The lowest BCUT2D eigenvalue weighted by atomic mass is 10.1. The molecule has 0 aliphatic rings. The molecule has 0 atom stereocenters. The average Bonchev–Trinajstić information content (AvgIpc) is 2.75. The number of aryl methyl sites for hydroxylation is 1. The summed E-state index contributed by atoms with van der Waals surface area (Å²) in [4.78, 5) is 4.48. The maximum absolute atomic E-state index is 5.91. The van der Waals surface area contributed by atoms with Gasteiger partial charge in [0.1, 0.15) is 0 Å². The summed E-state index contributed by atoms with van der Waals surface area (Å²) in [5.41, 5.74) is 9.28. The van der Waals surface area contributed by atoms with Gasteiger partial charge in [0.05, 0.1) is 22.4 Å². The van der Waals surface area contributed by atoms with Crippen molar-refractivity contribution in [1.29, 1.82) is 0 Å². The van der Waals surface area contributed by atoms with Crippen LogP contribution in [0.25, 0.3) is 16.6 Å². The third-order valence-corrected chi connectivity index (χ3v) is 2.93. The largest absolute Gasteiger partial charge is 0.399 e. The third-order valence-electron chi connectivity index (χ3n) is 2.74. The van der Waals surface area contributed by atoms with Crippen LogP contribution in [-0.2, 0) is 0 Å². The van der Waals surface area contributed by atoms with Gasteiger partial charge in [0.2, 0.25) is 0 Å². The van der Waals surface area contributed by atoms with Crippen molar-refractivity contribution in [3.63, 3.8) is 0 Å². The van der Waals surface area contributed by atoms with Crippen molar-refractivity contribution >= 4 is 28.2 Å². The fraction of sp³-hybridized carbons (Fsp3) is 0.0769. The third kappa shape index (κ3) is 1.80. The highest BCUT2D eigenvalue weighted by atomic mass is 35.5. The number of nitrogens with two attached hydrogens (primary N) is 1. The molecule has 3 rings (SSSR count). The molecule has 90 valence electrons. The summed E-state index contributed by atoms with van der Waals surface area (Å²) in [6.45, 7) is 1.95. The normalized spacial score (nSPS) is 11.0. The second-order valence-corrected chi connectivity index (χ2v) is 4.60. The predicted octanol–water partition coefficient (Wildman–Crippen LogP) is 2.96. The van der Waals surface area contributed by atoms with E-state index in [4.69, 9.17) is 17.3 Å². The van der Waals surface area contributed by atoms with Crippen LogP contribution in [0.5, 0.6) is 0 Å². The van der Waals surface area contributed by atoms with Gasteiger partial charge >= 0.3 is 0 Å². The van der Waals surface area contributed by atoms with Gasteiger partial charge in [-0.1, -0.05) is 11.6 Å². The summed E-state index contributed by atoms with van der Waals surface area (Å²) in [6.07, 6.45) is 3.37. The molecule has 0 saturated carbocycles. The number of rotatable bonds is 1. The smallest absolute Gasteiger partial charge is 0.0790 e. The Balaban J connectivity index is 2.36. The molecule has 0 unspecified atom stereocenters. The Kier molecular flexibility index (Phi) is 2.45. The second kappa shape index (κ2) is 3.99. The molecule has 5 heteroatoms. The minimum absolute atomic E-state index is 0.599. The Labute approximate surface area is 109 Å². The van der Waals surface area contributed by atoms with E-state index >= 15 is 0 Å². The van der Waals surface area contributed by atoms with Gasteiger partial charge in [0.25, 0.3) is 0 Å². The van der Waals surface area contributed by atoms with E-state index in [2.05, 4.69) is 10.1 Å². The minimum atomic E-state index is 0.599. The van der Waals surface area contributed by atoms with E-state index < -0.39 is 0 Å². The van der Waals surface area contributed by atoms with E-state index in [-0.39, 0.29) is 0 Å². The SMILES string of the molecule is Cc1cc(-n2cc(Cl)cn2)c2cc(N)ccc2n1. The Morgan fingerprint density at radius 2 is 2.11 bits per heavy atom. The fourth-order valence-corrected chi connectivity index (χ4v) is 2.11. The summed E-state index contributed by atoms with van der Waals surface area (Å²) in [6, 6.07) is 7.61. The van der Waals surface area contributed by atoms with Gasteiger partial charge < -0.3 is 5.73 Å². The highest BCUT2D eigenvalue weighted by Gasteiger charge is 2.07. The van der Waals surface area contributed by atoms with E-state index in [1.807, 2.05) is 31.2 Å². The zero-order valence-corrected chi connectivity index (χ0v) is 10.5. The number of pyridine rings is 1. The van der Waals surface area contributed by atoms with Crippen molar-refractivity contribution in [2.45, 2.75) is 6.92 Å². The lowest BCUT2D eigenvalue weighted by Crippen LogP contribution is -1.99. The van der Waals surface area contributed by atoms with Crippen molar-refractivity contribution in [3.05, 3.63) is 47.4 Å². The molecule has 0 aliphatic carbocycles. The second-order valence-electron chi connectivity index (χ2n) is 4.16. The van der Waals surface area contributed by atoms with E-state index in [9.17, 15) is 0 Å². The molecular formula is C13H11ClN4. The van der Waals surface area contributed by atoms with Crippen LogP contribution in [0.4, 0.5) is 5.69 Å². The Morgan fingerprint density at radius 1 is 1.28 bits per heavy atom. The average molecular weight is 259 g/mol. The lowest BCUT2D eigenvalue weighted by Gasteiger charge is -2.08. The lowest BCUT2D eigenvalue weighted by molar-refractivity contribution is 0.884. The molecule has 0 radical (unpaired) electrons. The fourth-order valence-electron chi connectivity index (χ4n) is 1.98. The highest BCUT2D eigenvalue weighted by Crippen LogP contribution is 2.24. The number of nitrogen functional groups attached to an aromatic ring is 1. The molecule has 4 nitrogen and oxygen atoms in total. The molecular weight excluding hydrogens is 248 g/mol. The Morgan fingerprint density at radius 3 is 2.83 bits per heavy atom. The summed E-state index contributed by atoms with van der Waals surface area (Å²) < 4.78 is 1.73. The number of hydrogen-bond acceptors (Lipinski definition) is 3. The number of aromatic nitrogens is 3. The van der Waals surface area contributed by atoms with Crippen LogP contribution in [0.1, 0.15) is 5.69 Å².